The maximum absolute atomic E-state index is 12.3. The molecule has 0 heterocycles. The van der Waals surface area contributed by atoms with Crippen molar-refractivity contribution in [3.8, 4) is 0 Å². The van der Waals surface area contributed by atoms with Crippen LogP contribution in [0.4, 0.5) is 0 Å². The van der Waals surface area contributed by atoms with Crippen molar-refractivity contribution in [2.45, 2.75) is 184 Å². The Morgan fingerprint density at radius 3 is 1.65 bits per heavy atom. The van der Waals surface area contributed by atoms with E-state index in [4.69, 9.17) is 4.74 Å². The highest BCUT2D eigenvalue weighted by atomic mass is 16.5. The summed E-state index contributed by atoms with van der Waals surface area (Å²) in [4.78, 5) is 12.3. The number of fused-ring (bicyclic) bond motifs is 10. The first-order valence-corrected chi connectivity index (χ1v) is 22.3. The molecule has 54 heavy (non-hydrogen) atoms. The molecular formula is C48H86O6. The number of rotatable bonds is 4. The molecule has 0 saturated heterocycles. The number of hydrogen-bond donors (Lipinski definition) is 4. The minimum absolute atomic E-state index is 0. The quantitative estimate of drug-likeness (QED) is 0.213. The largest absolute Gasteiger partial charge is 0.469 e. The number of ether oxygens (including phenoxy) is 1. The molecule has 8 aliphatic carbocycles. The zero-order valence-corrected chi connectivity index (χ0v) is 34.4. The highest BCUT2D eigenvalue weighted by Gasteiger charge is 2.65. The first kappa shape index (κ1) is 44.4. The summed E-state index contributed by atoms with van der Waals surface area (Å²) < 4.78 is 5.07. The summed E-state index contributed by atoms with van der Waals surface area (Å²) in [6.45, 7) is 16.5. The average molecular weight is 759 g/mol. The minimum atomic E-state index is -0.279. The van der Waals surface area contributed by atoms with Crippen LogP contribution in [-0.4, -0.2) is 58.4 Å². The van der Waals surface area contributed by atoms with Gasteiger partial charge in [-0.15, -0.1) is 0 Å². The maximum Gasteiger partial charge on any atom is 0.308 e. The molecule has 0 aromatic heterocycles. The van der Waals surface area contributed by atoms with E-state index in [1.807, 2.05) is 6.92 Å². The number of carbonyl (C=O) groups excluding carboxylic acids is 1. The van der Waals surface area contributed by atoms with Gasteiger partial charge in [0.2, 0.25) is 0 Å². The van der Waals surface area contributed by atoms with Gasteiger partial charge in [-0.2, -0.15) is 0 Å². The number of aliphatic hydroxyl groups is 4. The van der Waals surface area contributed by atoms with Gasteiger partial charge >= 0.3 is 5.97 Å². The topological polar surface area (TPSA) is 107 Å². The van der Waals surface area contributed by atoms with E-state index in [2.05, 4.69) is 41.5 Å². The number of carbonyl (C=O) groups is 1. The Kier molecular flexibility index (Phi) is 13.3. The Morgan fingerprint density at radius 2 is 1.13 bits per heavy atom. The Hall–Kier alpha value is -0.690. The Balaban J connectivity index is 0.000000201. The molecule has 20 atom stereocenters. The first-order chi connectivity index (χ1) is 24.5. The molecule has 0 bridgehead atoms. The van der Waals surface area contributed by atoms with Gasteiger partial charge in [0.25, 0.3) is 0 Å². The molecule has 6 nitrogen and oxygen atoms in total. The summed E-state index contributed by atoms with van der Waals surface area (Å²) in [5.74, 6) is 7.10. The van der Waals surface area contributed by atoms with Crippen LogP contribution in [0.15, 0.2) is 0 Å². The molecule has 4 N–H and O–H groups in total. The molecule has 0 spiro atoms. The van der Waals surface area contributed by atoms with Gasteiger partial charge in [0.1, 0.15) is 0 Å². The molecule has 8 rings (SSSR count). The molecule has 8 aliphatic rings. The van der Waals surface area contributed by atoms with Crippen molar-refractivity contribution in [2.24, 2.45) is 98.6 Å². The second kappa shape index (κ2) is 16.2. The molecule has 314 valence electrons. The van der Waals surface area contributed by atoms with Crippen molar-refractivity contribution < 1.29 is 30.0 Å². The van der Waals surface area contributed by atoms with E-state index in [1.54, 1.807) is 0 Å². The number of hydrogen-bond acceptors (Lipinski definition) is 6. The zero-order chi connectivity index (χ0) is 37.5. The van der Waals surface area contributed by atoms with Gasteiger partial charge in [0.05, 0.1) is 31.3 Å². The van der Waals surface area contributed by atoms with Crippen molar-refractivity contribution in [3.05, 3.63) is 0 Å². The lowest BCUT2D eigenvalue weighted by molar-refractivity contribution is -0.176. The highest BCUT2D eigenvalue weighted by molar-refractivity contribution is 5.72. The zero-order valence-electron chi connectivity index (χ0n) is 34.4. The molecule has 0 aromatic rings. The summed E-state index contributed by atoms with van der Waals surface area (Å²) in [5, 5.41) is 42.7. The molecule has 8 saturated carbocycles. The van der Waals surface area contributed by atoms with Crippen LogP contribution >= 0.6 is 0 Å². The summed E-state index contributed by atoms with van der Waals surface area (Å²) in [5.41, 5.74) is 0.593. The van der Waals surface area contributed by atoms with Crippen LogP contribution in [0, 0.1) is 98.6 Å². The van der Waals surface area contributed by atoms with Gasteiger partial charge in [0.15, 0.2) is 0 Å². The van der Waals surface area contributed by atoms with Crippen LogP contribution in [0.1, 0.15) is 166 Å². The van der Waals surface area contributed by atoms with E-state index in [1.165, 1.54) is 71.3 Å². The SMILES string of the molecule is C.C.COC(=O)[C@@H](C)[C@H]1CCC2C3CC[C@@H]4C[C@H](C)CC[C@]4(C)C3C[C@H](O)[C@@]21C.C[C@H](CO)[C@H]1CCC2C3CC[C@@H]4C[C@H](O)CC[C@]4(C)C3C[C@H](O)[C@@]21C. The standard InChI is InChI=1S/C24H40O3.C22H38O3.2CH4/c1-14-10-11-23(3)16(12-14)6-7-17-19-9-8-18(15(2)22(26)27-5)24(19,4)21(25)13-20(17)23;1-13(12-23)17-6-7-18-16-5-4-14-10-15(24)8-9-21(14,2)19(16)11-20(25)22(17,18)3;;/h14-21,25H,6-13H2,1-5H3;13-20,23-25H,4-12H2,1-3H3;2*1H4/t14-,15+,16-,17?,18-,19?,20?,21+,23+,24-;13-,14-,15-,16?,17-,18?,19?,20+,21+,22-;;/m11../s1. The summed E-state index contributed by atoms with van der Waals surface area (Å²) in [6.07, 6.45) is 18.3. The highest BCUT2D eigenvalue weighted by Crippen LogP contribution is 2.70. The van der Waals surface area contributed by atoms with E-state index in [9.17, 15) is 25.2 Å². The van der Waals surface area contributed by atoms with Crippen molar-refractivity contribution in [2.75, 3.05) is 13.7 Å². The second-order valence-electron chi connectivity index (χ2n) is 21.7. The number of methoxy groups -OCH3 is 1. The fourth-order valence-electron chi connectivity index (χ4n) is 16.9. The molecule has 0 aliphatic heterocycles. The lowest BCUT2D eigenvalue weighted by Crippen LogP contribution is -2.58. The van der Waals surface area contributed by atoms with Crippen LogP contribution in [0.5, 0.6) is 0 Å². The molecule has 0 radical (unpaired) electrons. The molecule has 6 heteroatoms. The minimum Gasteiger partial charge on any atom is -0.469 e. The van der Waals surface area contributed by atoms with E-state index < -0.39 is 0 Å². The fourth-order valence-corrected chi connectivity index (χ4v) is 16.9. The summed E-state index contributed by atoms with van der Waals surface area (Å²) in [6, 6.07) is 0. The van der Waals surface area contributed by atoms with Crippen LogP contribution in [0.3, 0.4) is 0 Å². The summed E-state index contributed by atoms with van der Waals surface area (Å²) in [7, 11) is 1.49. The number of aliphatic hydroxyl groups excluding tert-OH is 4. The van der Waals surface area contributed by atoms with Crippen LogP contribution in [0.25, 0.3) is 0 Å². The second-order valence-corrected chi connectivity index (χ2v) is 21.7. The molecular weight excluding hydrogens is 673 g/mol. The van der Waals surface area contributed by atoms with Gasteiger partial charge in [0, 0.05) is 12.0 Å². The Morgan fingerprint density at radius 1 is 0.648 bits per heavy atom. The van der Waals surface area contributed by atoms with Gasteiger partial charge in [-0.05, 0) is 184 Å². The van der Waals surface area contributed by atoms with Gasteiger partial charge < -0.3 is 25.2 Å². The Labute approximate surface area is 331 Å². The average Bonchev–Trinajstić information content (AvgIpc) is 3.68. The van der Waals surface area contributed by atoms with Crippen LogP contribution < -0.4 is 0 Å². The van der Waals surface area contributed by atoms with Crippen LogP contribution in [0.2, 0.25) is 0 Å². The molecule has 0 aromatic carbocycles. The predicted molar refractivity (Wildman–Crippen MR) is 219 cm³/mol. The van der Waals surface area contributed by atoms with Crippen molar-refractivity contribution >= 4 is 5.97 Å². The molecule has 8 fully saturated rings. The predicted octanol–water partition coefficient (Wildman–Crippen LogP) is 9.94. The Bertz CT molecular complexity index is 1290. The normalized spacial score (nSPS) is 52.7. The molecule has 6 unspecified atom stereocenters. The third-order valence-electron chi connectivity index (χ3n) is 20.1. The van der Waals surface area contributed by atoms with Crippen molar-refractivity contribution in [1.29, 1.82) is 0 Å². The fraction of sp³-hybridized carbons (Fsp3) is 0.979. The third-order valence-corrected chi connectivity index (χ3v) is 20.1. The monoisotopic (exact) mass is 759 g/mol. The van der Waals surface area contributed by atoms with E-state index in [0.717, 1.165) is 62.2 Å². The van der Waals surface area contributed by atoms with Crippen LogP contribution in [-0.2, 0) is 9.53 Å². The van der Waals surface area contributed by atoms with E-state index in [0.29, 0.717) is 46.3 Å². The number of esters is 1. The van der Waals surface area contributed by atoms with Gasteiger partial charge in [-0.25, -0.2) is 0 Å². The third kappa shape index (κ3) is 6.69. The molecule has 0 amide bonds. The maximum atomic E-state index is 12.3. The van der Waals surface area contributed by atoms with Gasteiger partial charge in [-0.1, -0.05) is 69.7 Å². The summed E-state index contributed by atoms with van der Waals surface area (Å²) >= 11 is 0. The first-order valence-electron chi connectivity index (χ1n) is 22.3. The van der Waals surface area contributed by atoms with E-state index >= 15 is 0 Å². The lowest BCUT2D eigenvalue weighted by atomic mass is 9.43. The van der Waals surface area contributed by atoms with Crippen molar-refractivity contribution in [3.63, 3.8) is 0 Å². The van der Waals surface area contributed by atoms with E-state index in [-0.39, 0.29) is 74.3 Å². The van der Waals surface area contributed by atoms with Crippen molar-refractivity contribution in [1.82, 2.24) is 0 Å². The lowest BCUT2D eigenvalue weighted by Gasteiger charge is -2.62. The van der Waals surface area contributed by atoms with Gasteiger partial charge in [-0.3, -0.25) is 4.79 Å². The smallest absolute Gasteiger partial charge is 0.308 e.